The minimum atomic E-state index is -1.02. The van der Waals surface area contributed by atoms with E-state index in [-0.39, 0.29) is 22.5 Å². The van der Waals surface area contributed by atoms with Crippen molar-refractivity contribution in [2.75, 3.05) is 7.11 Å². The van der Waals surface area contributed by atoms with Gasteiger partial charge in [0.05, 0.1) is 12.5 Å². The average molecular weight is 454 g/mol. The van der Waals surface area contributed by atoms with Crippen LogP contribution in [0.5, 0.6) is 11.5 Å². The van der Waals surface area contributed by atoms with Gasteiger partial charge in [0.2, 0.25) is 11.2 Å². The molecule has 5 aromatic rings. The van der Waals surface area contributed by atoms with E-state index < -0.39 is 17.0 Å². The molecule has 0 unspecified atom stereocenters. The van der Waals surface area contributed by atoms with Crippen molar-refractivity contribution in [3.8, 4) is 22.8 Å². The SMILES string of the molecule is COc1ccc(-c2oc3cc(C)ccc3c(=O)c2OC(=O)c2cc3ccccc3oc2=O)cc1. The smallest absolute Gasteiger partial charge is 0.351 e. The molecule has 2 aromatic heterocycles. The van der Waals surface area contributed by atoms with Crippen molar-refractivity contribution in [2.24, 2.45) is 0 Å². The number of carbonyl (C=O) groups is 1. The summed E-state index contributed by atoms with van der Waals surface area (Å²) in [4.78, 5) is 38.8. The zero-order valence-corrected chi connectivity index (χ0v) is 18.3. The molecule has 0 saturated heterocycles. The third-order valence-corrected chi connectivity index (χ3v) is 5.41. The summed E-state index contributed by atoms with van der Waals surface area (Å²) in [6, 6.07) is 20.0. The summed E-state index contributed by atoms with van der Waals surface area (Å²) in [7, 11) is 1.54. The predicted molar refractivity (Wildman–Crippen MR) is 127 cm³/mol. The summed E-state index contributed by atoms with van der Waals surface area (Å²) in [6.45, 7) is 1.87. The lowest BCUT2D eigenvalue weighted by Crippen LogP contribution is -2.22. The van der Waals surface area contributed by atoms with E-state index in [1.54, 1.807) is 66.7 Å². The maximum absolute atomic E-state index is 13.4. The lowest BCUT2D eigenvalue weighted by atomic mass is 10.1. The number of para-hydroxylation sites is 1. The summed E-state index contributed by atoms with van der Waals surface area (Å²) in [5.74, 6) is -0.675. The summed E-state index contributed by atoms with van der Waals surface area (Å²) in [5.41, 5.74) is 0.345. The van der Waals surface area contributed by atoms with Gasteiger partial charge in [0.15, 0.2) is 5.76 Å². The van der Waals surface area contributed by atoms with Crippen LogP contribution in [0.1, 0.15) is 15.9 Å². The fourth-order valence-electron chi connectivity index (χ4n) is 3.66. The first-order valence-electron chi connectivity index (χ1n) is 10.4. The molecule has 0 radical (unpaired) electrons. The monoisotopic (exact) mass is 454 g/mol. The van der Waals surface area contributed by atoms with Crippen LogP contribution in [-0.4, -0.2) is 13.1 Å². The van der Waals surface area contributed by atoms with Crippen molar-refractivity contribution in [3.63, 3.8) is 0 Å². The molecule has 0 N–H and O–H groups in total. The van der Waals surface area contributed by atoms with Gasteiger partial charge in [-0.25, -0.2) is 9.59 Å². The van der Waals surface area contributed by atoms with Gasteiger partial charge in [-0.1, -0.05) is 24.3 Å². The first-order chi connectivity index (χ1) is 16.4. The normalized spacial score (nSPS) is 11.0. The molecule has 0 aliphatic carbocycles. The number of carbonyl (C=O) groups excluding carboxylic acids is 1. The van der Waals surface area contributed by atoms with Gasteiger partial charge in [0, 0.05) is 10.9 Å². The molecule has 0 saturated carbocycles. The van der Waals surface area contributed by atoms with E-state index in [1.807, 2.05) is 6.92 Å². The summed E-state index contributed by atoms with van der Waals surface area (Å²) in [6.07, 6.45) is 0. The van der Waals surface area contributed by atoms with Crippen LogP contribution in [-0.2, 0) is 0 Å². The number of benzene rings is 3. The largest absolute Gasteiger partial charge is 0.497 e. The highest BCUT2D eigenvalue weighted by Crippen LogP contribution is 2.32. The van der Waals surface area contributed by atoms with Gasteiger partial charge in [-0.15, -0.1) is 0 Å². The number of hydrogen-bond donors (Lipinski definition) is 0. The molecule has 168 valence electrons. The first-order valence-corrected chi connectivity index (χ1v) is 10.4. The highest BCUT2D eigenvalue weighted by atomic mass is 16.5. The van der Waals surface area contributed by atoms with Crippen molar-refractivity contribution in [1.82, 2.24) is 0 Å². The number of methoxy groups -OCH3 is 1. The summed E-state index contributed by atoms with van der Waals surface area (Å²) >= 11 is 0. The topological polar surface area (TPSA) is 96.0 Å². The van der Waals surface area contributed by atoms with Crippen LogP contribution in [0.2, 0.25) is 0 Å². The van der Waals surface area contributed by atoms with Crippen molar-refractivity contribution in [2.45, 2.75) is 6.92 Å². The number of fused-ring (bicyclic) bond motifs is 2. The molecule has 5 rings (SSSR count). The number of ether oxygens (including phenoxy) is 2. The van der Waals surface area contributed by atoms with Crippen LogP contribution in [0.25, 0.3) is 33.3 Å². The molecule has 0 amide bonds. The lowest BCUT2D eigenvalue weighted by Gasteiger charge is -2.11. The summed E-state index contributed by atoms with van der Waals surface area (Å²) < 4.78 is 22.0. The van der Waals surface area contributed by atoms with E-state index in [2.05, 4.69) is 0 Å². The quantitative estimate of drug-likeness (QED) is 0.275. The highest BCUT2D eigenvalue weighted by molar-refractivity contribution is 5.95. The molecule has 0 fully saturated rings. The minimum absolute atomic E-state index is 0.0595. The molecule has 3 aromatic carbocycles. The Bertz CT molecular complexity index is 1670. The molecular weight excluding hydrogens is 436 g/mol. The highest BCUT2D eigenvalue weighted by Gasteiger charge is 2.24. The molecule has 2 heterocycles. The molecular formula is C27H18O7. The van der Waals surface area contributed by atoms with Crippen LogP contribution in [0.4, 0.5) is 0 Å². The second-order valence-corrected chi connectivity index (χ2v) is 7.69. The van der Waals surface area contributed by atoms with E-state index in [0.29, 0.717) is 27.9 Å². The lowest BCUT2D eigenvalue weighted by molar-refractivity contribution is 0.0727. The first kappa shape index (κ1) is 21.2. The average Bonchev–Trinajstić information content (AvgIpc) is 2.85. The number of hydrogen-bond acceptors (Lipinski definition) is 7. The van der Waals surface area contributed by atoms with Crippen LogP contribution in [0.15, 0.2) is 91.2 Å². The van der Waals surface area contributed by atoms with Crippen molar-refractivity contribution < 1.29 is 23.1 Å². The van der Waals surface area contributed by atoms with Gasteiger partial charge in [0.1, 0.15) is 22.5 Å². The Kier molecular flexibility index (Phi) is 5.22. The van der Waals surface area contributed by atoms with E-state index in [1.165, 1.54) is 13.2 Å². The fourth-order valence-corrected chi connectivity index (χ4v) is 3.66. The van der Waals surface area contributed by atoms with Crippen LogP contribution >= 0.6 is 0 Å². The van der Waals surface area contributed by atoms with E-state index in [9.17, 15) is 14.4 Å². The minimum Gasteiger partial charge on any atom is -0.497 e. The molecule has 0 aliphatic rings. The Morgan fingerprint density at radius 2 is 1.62 bits per heavy atom. The zero-order valence-electron chi connectivity index (χ0n) is 18.3. The Morgan fingerprint density at radius 1 is 0.853 bits per heavy atom. The summed E-state index contributed by atoms with van der Waals surface area (Å²) in [5, 5.41) is 0.793. The third kappa shape index (κ3) is 3.73. The Labute approximate surface area is 192 Å². The van der Waals surface area contributed by atoms with Gasteiger partial charge in [0.25, 0.3) is 0 Å². The molecule has 34 heavy (non-hydrogen) atoms. The molecule has 7 nitrogen and oxygen atoms in total. The predicted octanol–water partition coefficient (Wildman–Crippen LogP) is 5.10. The van der Waals surface area contributed by atoms with E-state index >= 15 is 0 Å². The molecule has 0 aliphatic heterocycles. The second kappa shape index (κ2) is 8.37. The zero-order chi connectivity index (χ0) is 23.8. The maximum atomic E-state index is 13.4. The molecule has 0 atom stereocenters. The standard InChI is InChI=1S/C27H18O7/c1-15-7-12-19-22(13-15)32-24(16-8-10-18(31-2)11-9-16)25(23(19)28)34-27(30)20-14-17-5-3-4-6-21(17)33-26(20)29/h3-14H,1-2H3. The number of aryl methyl sites for hydroxylation is 1. The van der Waals surface area contributed by atoms with Crippen molar-refractivity contribution in [1.29, 1.82) is 0 Å². The Balaban J connectivity index is 1.67. The van der Waals surface area contributed by atoms with E-state index in [4.69, 9.17) is 18.3 Å². The molecule has 0 bridgehead atoms. The molecule has 0 spiro atoms. The van der Waals surface area contributed by atoms with E-state index in [0.717, 1.165) is 5.56 Å². The molecule has 7 heteroatoms. The maximum Gasteiger partial charge on any atom is 0.351 e. The number of esters is 1. The second-order valence-electron chi connectivity index (χ2n) is 7.69. The Hall–Kier alpha value is -4.65. The van der Waals surface area contributed by atoms with Gasteiger partial charge < -0.3 is 18.3 Å². The third-order valence-electron chi connectivity index (χ3n) is 5.41. The van der Waals surface area contributed by atoms with Gasteiger partial charge in [-0.2, -0.15) is 0 Å². The van der Waals surface area contributed by atoms with Crippen molar-refractivity contribution in [3.05, 3.63) is 105 Å². The van der Waals surface area contributed by atoms with Crippen LogP contribution in [0, 0.1) is 6.92 Å². The van der Waals surface area contributed by atoms with Crippen LogP contribution < -0.4 is 20.5 Å². The van der Waals surface area contributed by atoms with Gasteiger partial charge in [-0.3, -0.25) is 4.79 Å². The Morgan fingerprint density at radius 3 is 2.38 bits per heavy atom. The number of rotatable bonds is 4. The van der Waals surface area contributed by atoms with Gasteiger partial charge >= 0.3 is 11.6 Å². The van der Waals surface area contributed by atoms with Crippen LogP contribution in [0.3, 0.4) is 0 Å². The van der Waals surface area contributed by atoms with Gasteiger partial charge in [-0.05, 0) is 61.0 Å². The van der Waals surface area contributed by atoms with Crippen molar-refractivity contribution >= 4 is 27.9 Å². The fraction of sp³-hybridized carbons (Fsp3) is 0.0741.